The first-order valence-electron chi connectivity index (χ1n) is 8.29. The molecule has 0 radical (unpaired) electrons. The molecule has 0 aromatic heterocycles. The van der Waals surface area contributed by atoms with Gasteiger partial charge in [-0.15, -0.1) is 0 Å². The SMILES string of the molecule is COc1cccc(OC)c1C(=O)C(CCCP=O)Cc1ccccc1. The minimum Gasteiger partial charge on any atom is -0.496 e. The molecule has 0 fully saturated rings. The molecule has 25 heavy (non-hydrogen) atoms. The average molecular weight is 358 g/mol. The number of ether oxygens (including phenoxy) is 2. The van der Waals surface area contributed by atoms with Gasteiger partial charge in [0.1, 0.15) is 17.1 Å². The second kappa shape index (κ2) is 9.95. The van der Waals surface area contributed by atoms with Gasteiger partial charge in [-0.2, -0.15) is 0 Å². The summed E-state index contributed by atoms with van der Waals surface area (Å²) in [6, 6.07) is 15.3. The molecule has 0 aliphatic heterocycles. The van der Waals surface area contributed by atoms with Gasteiger partial charge in [-0.3, -0.25) is 9.36 Å². The van der Waals surface area contributed by atoms with Gasteiger partial charge < -0.3 is 9.47 Å². The standard InChI is InChI=1S/C20H23O4P/c1-23-17-11-6-12-18(24-2)19(17)20(21)16(10-7-13-25-22)14-15-8-4-3-5-9-15/h3-6,8-9,11-12,16H,7,10,13-14H2,1-2H3. The van der Waals surface area contributed by atoms with Crippen LogP contribution in [-0.4, -0.2) is 26.2 Å². The van der Waals surface area contributed by atoms with E-state index in [-0.39, 0.29) is 20.2 Å². The first-order chi connectivity index (χ1) is 12.2. The summed E-state index contributed by atoms with van der Waals surface area (Å²) in [5.74, 6) is 0.823. The number of hydrogen-bond acceptors (Lipinski definition) is 4. The molecule has 0 saturated heterocycles. The molecule has 0 amide bonds. The normalized spacial score (nSPS) is 11.9. The maximum Gasteiger partial charge on any atom is 0.173 e. The Morgan fingerprint density at radius 1 is 1.00 bits per heavy atom. The predicted octanol–water partition coefficient (Wildman–Crippen LogP) is 4.82. The van der Waals surface area contributed by atoms with Gasteiger partial charge in [-0.25, -0.2) is 0 Å². The van der Waals surface area contributed by atoms with Crippen LogP contribution in [0.5, 0.6) is 11.5 Å². The molecule has 2 aromatic rings. The van der Waals surface area contributed by atoms with E-state index in [1.165, 1.54) is 0 Å². The minimum absolute atomic E-state index is 0.000665. The van der Waals surface area contributed by atoms with Crippen LogP contribution in [-0.2, 0) is 11.0 Å². The van der Waals surface area contributed by atoms with Gasteiger partial charge in [0.15, 0.2) is 14.2 Å². The van der Waals surface area contributed by atoms with Crippen LogP contribution < -0.4 is 9.47 Å². The lowest BCUT2D eigenvalue weighted by Gasteiger charge is -2.19. The molecule has 4 nitrogen and oxygen atoms in total. The zero-order chi connectivity index (χ0) is 18.1. The predicted molar refractivity (Wildman–Crippen MR) is 99.2 cm³/mol. The molecule has 0 bridgehead atoms. The third kappa shape index (κ3) is 5.14. The third-order valence-corrected chi connectivity index (χ3v) is 4.67. The van der Waals surface area contributed by atoms with Crippen molar-refractivity contribution in [2.24, 2.45) is 5.92 Å². The van der Waals surface area contributed by atoms with Crippen LogP contribution in [0.4, 0.5) is 0 Å². The molecular weight excluding hydrogens is 335 g/mol. The molecule has 1 atom stereocenters. The van der Waals surface area contributed by atoms with Crippen molar-refractivity contribution in [2.45, 2.75) is 19.3 Å². The first kappa shape index (κ1) is 19.1. The van der Waals surface area contributed by atoms with Gasteiger partial charge in [0.25, 0.3) is 0 Å². The lowest BCUT2D eigenvalue weighted by atomic mass is 9.87. The van der Waals surface area contributed by atoms with Crippen molar-refractivity contribution >= 4 is 14.2 Å². The number of carbonyl (C=O) groups is 1. The Balaban J connectivity index is 2.32. The van der Waals surface area contributed by atoms with E-state index < -0.39 is 0 Å². The summed E-state index contributed by atoms with van der Waals surface area (Å²) in [7, 11) is 3.22. The molecule has 0 N–H and O–H groups in total. The lowest BCUT2D eigenvalue weighted by Crippen LogP contribution is -2.19. The van der Waals surface area contributed by atoms with E-state index in [2.05, 4.69) is 0 Å². The highest BCUT2D eigenvalue weighted by Crippen LogP contribution is 2.33. The Labute approximate surface area is 150 Å². The summed E-state index contributed by atoms with van der Waals surface area (Å²) in [5.41, 5.74) is 1.59. The maximum atomic E-state index is 13.3. The summed E-state index contributed by atoms with van der Waals surface area (Å²) in [4.78, 5) is 13.3. The maximum absolute atomic E-state index is 13.3. The Kier molecular flexibility index (Phi) is 7.62. The minimum atomic E-state index is -0.214. The second-order valence-electron chi connectivity index (χ2n) is 5.78. The van der Waals surface area contributed by atoms with E-state index in [0.717, 1.165) is 12.0 Å². The van der Waals surface area contributed by atoms with Gasteiger partial charge in [-0.1, -0.05) is 36.4 Å². The number of carbonyl (C=O) groups excluding carboxylic acids is 1. The lowest BCUT2D eigenvalue weighted by molar-refractivity contribution is 0.0905. The van der Waals surface area contributed by atoms with E-state index in [9.17, 15) is 9.36 Å². The number of ketones is 1. The molecule has 0 aliphatic carbocycles. The van der Waals surface area contributed by atoms with E-state index in [4.69, 9.17) is 9.47 Å². The van der Waals surface area contributed by atoms with Crippen molar-refractivity contribution in [1.29, 1.82) is 0 Å². The number of benzene rings is 2. The topological polar surface area (TPSA) is 52.6 Å². The summed E-state index contributed by atoms with van der Waals surface area (Å²) < 4.78 is 21.5. The largest absolute Gasteiger partial charge is 0.496 e. The summed E-state index contributed by atoms with van der Waals surface area (Å²) >= 11 is 0. The molecule has 1 unspecified atom stereocenters. The molecule has 0 saturated carbocycles. The number of Topliss-reactive ketones (excluding diaryl/α,β-unsaturated/α-hetero) is 1. The van der Waals surface area contributed by atoms with Crippen LogP contribution in [0.15, 0.2) is 48.5 Å². The second-order valence-corrected chi connectivity index (χ2v) is 6.49. The highest BCUT2D eigenvalue weighted by atomic mass is 31.1. The zero-order valence-electron chi connectivity index (χ0n) is 14.6. The van der Waals surface area contributed by atoms with Gasteiger partial charge >= 0.3 is 0 Å². The summed E-state index contributed by atoms with van der Waals surface area (Å²) in [5, 5.41) is 0. The Morgan fingerprint density at radius 2 is 1.64 bits per heavy atom. The monoisotopic (exact) mass is 358 g/mol. The molecule has 0 heterocycles. The fraction of sp³-hybridized carbons (Fsp3) is 0.350. The summed E-state index contributed by atoms with van der Waals surface area (Å²) in [6.45, 7) is 0. The van der Waals surface area contributed by atoms with Crippen LogP contribution in [0.1, 0.15) is 28.8 Å². The van der Waals surface area contributed by atoms with E-state index >= 15 is 0 Å². The average Bonchev–Trinajstić information content (AvgIpc) is 2.66. The Morgan fingerprint density at radius 3 is 2.20 bits per heavy atom. The van der Waals surface area contributed by atoms with Gasteiger partial charge in [0, 0.05) is 12.1 Å². The van der Waals surface area contributed by atoms with Crippen LogP contribution in [0.2, 0.25) is 0 Å². The molecule has 0 aliphatic rings. The Bertz CT molecular complexity index is 678. The highest BCUT2D eigenvalue weighted by molar-refractivity contribution is 7.23. The fourth-order valence-corrected chi connectivity index (χ4v) is 3.24. The first-order valence-corrected chi connectivity index (χ1v) is 9.29. The van der Waals surface area contributed by atoms with Crippen molar-refractivity contribution in [2.75, 3.05) is 20.4 Å². The van der Waals surface area contributed by atoms with Crippen molar-refractivity contribution < 1.29 is 18.8 Å². The molecule has 2 aromatic carbocycles. The fourth-order valence-electron chi connectivity index (χ4n) is 2.92. The molecule has 0 spiro atoms. The van der Waals surface area contributed by atoms with Crippen molar-refractivity contribution in [3.63, 3.8) is 0 Å². The van der Waals surface area contributed by atoms with Crippen LogP contribution in [0.3, 0.4) is 0 Å². The van der Waals surface area contributed by atoms with Gasteiger partial charge in [0.05, 0.1) is 14.2 Å². The molecular formula is C20H23O4P. The number of rotatable bonds is 10. The highest BCUT2D eigenvalue weighted by Gasteiger charge is 2.26. The smallest absolute Gasteiger partial charge is 0.173 e. The van der Waals surface area contributed by atoms with E-state index in [0.29, 0.717) is 36.1 Å². The molecule has 2 rings (SSSR count). The van der Waals surface area contributed by atoms with Crippen molar-refractivity contribution in [3.05, 3.63) is 59.7 Å². The quantitative estimate of drug-likeness (QED) is 0.347. The van der Waals surface area contributed by atoms with E-state index in [1.807, 2.05) is 30.3 Å². The molecule has 5 heteroatoms. The number of methoxy groups -OCH3 is 2. The van der Waals surface area contributed by atoms with E-state index in [1.54, 1.807) is 32.4 Å². The third-order valence-electron chi connectivity index (χ3n) is 4.17. The van der Waals surface area contributed by atoms with Gasteiger partial charge in [-0.05, 0) is 37.0 Å². The zero-order valence-corrected chi connectivity index (χ0v) is 15.5. The van der Waals surface area contributed by atoms with Crippen LogP contribution in [0, 0.1) is 5.92 Å². The number of hydrogen-bond donors (Lipinski definition) is 0. The van der Waals surface area contributed by atoms with Crippen LogP contribution >= 0.6 is 8.46 Å². The van der Waals surface area contributed by atoms with Crippen molar-refractivity contribution in [1.82, 2.24) is 0 Å². The van der Waals surface area contributed by atoms with Crippen LogP contribution in [0.25, 0.3) is 0 Å². The van der Waals surface area contributed by atoms with Crippen molar-refractivity contribution in [3.8, 4) is 11.5 Å². The molecule has 132 valence electrons. The Hall–Kier alpha value is -2.19. The van der Waals surface area contributed by atoms with Gasteiger partial charge in [0.2, 0.25) is 0 Å². The summed E-state index contributed by atoms with van der Waals surface area (Å²) in [6.07, 6.45) is 2.59.